The molecule has 0 radical (unpaired) electrons. The van der Waals surface area contributed by atoms with Crippen LogP contribution in [0.25, 0.3) is 0 Å². The lowest BCUT2D eigenvalue weighted by Gasteiger charge is -2.20. The van der Waals surface area contributed by atoms with Crippen LogP contribution in [0.15, 0.2) is 36.4 Å². The summed E-state index contributed by atoms with van der Waals surface area (Å²) in [5.74, 6) is -0.497. The zero-order chi connectivity index (χ0) is 15.7. The highest BCUT2D eigenvalue weighted by molar-refractivity contribution is 5.66. The Morgan fingerprint density at radius 1 is 1.29 bits per heavy atom. The smallest absolute Gasteiger partial charge is 0.303 e. The molecule has 1 rings (SSSR count). The van der Waals surface area contributed by atoms with Gasteiger partial charge in [-0.2, -0.15) is 0 Å². The predicted molar refractivity (Wildman–Crippen MR) is 82.2 cm³/mol. The summed E-state index contributed by atoms with van der Waals surface area (Å²) in [6.45, 7) is 5.26. The third kappa shape index (κ3) is 8.15. The van der Waals surface area contributed by atoms with E-state index >= 15 is 0 Å². The Hall–Kier alpha value is -1.81. The van der Waals surface area contributed by atoms with E-state index < -0.39 is 5.97 Å². The number of hydrogen-bond donors (Lipinski definition) is 2. The molecular weight excluding hydrogens is 268 g/mol. The summed E-state index contributed by atoms with van der Waals surface area (Å²) in [6, 6.07) is 6.96. The average Bonchev–Trinajstić information content (AvgIpc) is 2.40. The number of hydrogen-bond acceptors (Lipinski definition) is 3. The summed E-state index contributed by atoms with van der Waals surface area (Å²) >= 11 is 0. The van der Waals surface area contributed by atoms with Crippen LogP contribution in [-0.4, -0.2) is 22.8 Å². The second-order valence-electron chi connectivity index (χ2n) is 5.84. The number of aliphatic carboxylic acids is 1. The van der Waals surface area contributed by atoms with Crippen molar-refractivity contribution in [2.75, 3.05) is 6.61 Å². The van der Waals surface area contributed by atoms with Gasteiger partial charge < -0.3 is 14.9 Å². The number of phenols is 1. The number of allylic oxidation sites excluding steroid dienone is 1. The van der Waals surface area contributed by atoms with Gasteiger partial charge in [0.2, 0.25) is 0 Å². The first-order chi connectivity index (χ1) is 9.89. The molecule has 2 N–H and O–H groups in total. The van der Waals surface area contributed by atoms with Gasteiger partial charge in [0.25, 0.3) is 0 Å². The van der Waals surface area contributed by atoms with Crippen molar-refractivity contribution in [2.45, 2.75) is 39.7 Å². The second kappa shape index (κ2) is 8.47. The number of phenolic OH excluding ortho intramolecular Hbond substituents is 1. The second-order valence-corrected chi connectivity index (χ2v) is 5.84. The highest BCUT2D eigenvalue weighted by atomic mass is 16.5. The van der Waals surface area contributed by atoms with Gasteiger partial charge in [0.15, 0.2) is 0 Å². The standard InChI is InChI=1S/C17H24O4/c1-17(2,11-5-3-4-6-16(19)20)13-21-12-14-7-9-15(18)10-8-14/h5,7-11,18H,3-4,6,12-13H2,1-2H3,(H,19,20). The minimum absolute atomic E-state index is 0.0832. The lowest BCUT2D eigenvalue weighted by Crippen LogP contribution is -2.16. The quantitative estimate of drug-likeness (QED) is 0.537. The monoisotopic (exact) mass is 292 g/mol. The van der Waals surface area contributed by atoms with Crippen LogP contribution >= 0.6 is 0 Å². The fourth-order valence-electron chi connectivity index (χ4n) is 1.85. The molecule has 21 heavy (non-hydrogen) atoms. The summed E-state index contributed by atoms with van der Waals surface area (Å²) in [5, 5.41) is 17.8. The highest BCUT2D eigenvalue weighted by Gasteiger charge is 2.13. The first-order valence-electron chi connectivity index (χ1n) is 7.14. The van der Waals surface area contributed by atoms with Gasteiger partial charge in [-0.1, -0.05) is 38.1 Å². The summed E-state index contributed by atoms with van der Waals surface area (Å²) in [5.41, 5.74) is 0.939. The number of rotatable bonds is 9. The van der Waals surface area contributed by atoms with Crippen LogP contribution in [-0.2, 0) is 16.1 Å². The van der Waals surface area contributed by atoms with Crippen LogP contribution in [0.4, 0.5) is 0 Å². The molecular formula is C17H24O4. The fourth-order valence-corrected chi connectivity index (χ4v) is 1.85. The number of ether oxygens (including phenoxy) is 1. The number of aromatic hydroxyl groups is 1. The number of unbranched alkanes of at least 4 members (excludes halogenated alkanes) is 1. The van der Waals surface area contributed by atoms with Crippen molar-refractivity contribution in [3.8, 4) is 5.75 Å². The first kappa shape index (κ1) is 17.2. The van der Waals surface area contributed by atoms with Gasteiger partial charge in [0, 0.05) is 11.8 Å². The van der Waals surface area contributed by atoms with Gasteiger partial charge in [-0.3, -0.25) is 4.79 Å². The highest BCUT2D eigenvalue weighted by Crippen LogP contribution is 2.19. The van der Waals surface area contributed by atoms with Crippen molar-refractivity contribution in [1.82, 2.24) is 0 Å². The summed E-state index contributed by atoms with van der Waals surface area (Å²) in [4.78, 5) is 10.4. The normalized spacial score (nSPS) is 11.9. The minimum atomic E-state index is -0.750. The number of carboxylic acids is 1. The molecule has 1 aromatic carbocycles. The predicted octanol–water partition coefficient (Wildman–Crippen LogP) is 3.75. The maximum Gasteiger partial charge on any atom is 0.303 e. The van der Waals surface area contributed by atoms with Crippen molar-refractivity contribution in [2.24, 2.45) is 5.41 Å². The topological polar surface area (TPSA) is 66.8 Å². The third-order valence-electron chi connectivity index (χ3n) is 3.01. The maximum absolute atomic E-state index is 10.4. The van der Waals surface area contributed by atoms with Crippen LogP contribution in [0, 0.1) is 5.41 Å². The molecule has 0 unspecified atom stereocenters. The van der Waals surface area contributed by atoms with Gasteiger partial charge >= 0.3 is 5.97 Å². The molecule has 0 aliphatic carbocycles. The molecule has 0 bridgehead atoms. The molecule has 0 saturated carbocycles. The summed E-state index contributed by atoms with van der Waals surface area (Å²) in [7, 11) is 0. The Morgan fingerprint density at radius 3 is 2.57 bits per heavy atom. The van der Waals surface area contributed by atoms with Gasteiger partial charge in [-0.25, -0.2) is 0 Å². The molecule has 0 heterocycles. The zero-order valence-corrected chi connectivity index (χ0v) is 12.7. The lowest BCUT2D eigenvalue weighted by molar-refractivity contribution is -0.137. The number of carboxylic acid groups (broad SMARTS) is 1. The van der Waals surface area contributed by atoms with Gasteiger partial charge in [-0.15, -0.1) is 0 Å². The van der Waals surface area contributed by atoms with E-state index in [0.717, 1.165) is 12.0 Å². The molecule has 0 aliphatic rings. The molecule has 4 heteroatoms. The van der Waals surface area contributed by atoms with E-state index in [-0.39, 0.29) is 17.6 Å². The number of carbonyl (C=O) groups is 1. The van der Waals surface area contributed by atoms with Crippen LogP contribution in [0.1, 0.15) is 38.7 Å². The van der Waals surface area contributed by atoms with E-state index in [1.807, 2.05) is 18.2 Å². The Bertz CT molecular complexity index is 460. The summed E-state index contributed by atoms with van der Waals surface area (Å²) < 4.78 is 5.69. The molecule has 4 nitrogen and oxygen atoms in total. The number of benzene rings is 1. The molecule has 0 amide bonds. The van der Waals surface area contributed by atoms with E-state index in [1.54, 1.807) is 12.1 Å². The van der Waals surface area contributed by atoms with Crippen LogP contribution in [0.5, 0.6) is 5.75 Å². The Morgan fingerprint density at radius 2 is 1.95 bits per heavy atom. The van der Waals surface area contributed by atoms with Gasteiger partial charge in [0.1, 0.15) is 5.75 Å². The van der Waals surface area contributed by atoms with Crippen molar-refractivity contribution in [3.05, 3.63) is 42.0 Å². The lowest BCUT2D eigenvalue weighted by atomic mass is 9.93. The molecule has 1 aromatic rings. The van der Waals surface area contributed by atoms with E-state index in [9.17, 15) is 9.90 Å². The third-order valence-corrected chi connectivity index (χ3v) is 3.01. The summed E-state index contributed by atoms with van der Waals surface area (Å²) in [6.07, 6.45) is 5.74. The first-order valence-corrected chi connectivity index (χ1v) is 7.14. The van der Waals surface area contributed by atoms with Gasteiger partial charge in [-0.05, 0) is 30.5 Å². The van der Waals surface area contributed by atoms with Gasteiger partial charge in [0.05, 0.1) is 13.2 Å². The molecule has 0 aromatic heterocycles. The minimum Gasteiger partial charge on any atom is -0.508 e. The van der Waals surface area contributed by atoms with Crippen molar-refractivity contribution >= 4 is 5.97 Å². The van der Waals surface area contributed by atoms with E-state index in [0.29, 0.717) is 19.6 Å². The average molecular weight is 292 g/mol. The van der Waals surface area contributed by atoms with Crippen LogP contribution < -0.4 is 0 Å². The SMILES string of the molecule is CC(C)(C=CCCCC(=O)O)COCc1ccc(O)cc1. The van der Waals surface area contributed by atoms with E-state index in [4.69, 9.17) is 9.84 Å². The van der Waals surface area contributed by atoms with E-state index in [2.05, 4.69) is 19.9 Å². The molecule has 116 valence electrons. The molecule has 0 fully saturated rings. The molecule has 0 saturated heterocycles. The van der Waals surface area contributed by atoms with Crippen molar-refractivity contribution < 1.29 is 19.7 Å². The Labute approximate surface area is 126 Å². The molecule has 0 spiro atoms. The van der Waals surface area contributed by atoms with Crippen molar-refractivity contribution in [1.29, 1.82) is 0 Å². The molecule has 0 aliphatic heterocycles. The molecule has 0 atom stereocenters. The van der Waals surface area contributed by atoms with E-state index in [1.165, 1.54) is 0 Å². The zero-order valence-electron chi connectivity index (χ0n) is 12.7. The fraction of sp³-hybridized carbons (Fsp3) is 0.471. The van der Waals surface area contributed by atoms with Crippen LogP contribution in [0.3, 0.4) is 0 Å². The van der Waals surface area contributed by atoms with Crippen molar-refractivity contribution in [3.63, 3.8) is 0 Å². The Balaban J connectivity index is 2.26. The maximum atomic E-state index is 10.4. The Kier molecular flexibility index (Phi) is 6.96. The largest absolute Gasteiger partial charge is 0.508 e. The van der Waals surface area contributed by atoms with Crippen LogP contribution in [0.2, 0.25) is 0 Å².